The number of aliphatic hydroxyl groups is 1. The van der Waals surface area contributed by atoms with Crippen LogP contribution in [0.1, 0.15) is 80.1 Å². The van der Waals surface area contributed by atoms with Crippen LogP contribution in [0.4, 0.5) is 40.3 Å². The van der Waals surface area contributed by atoms with E-state index in [2.05, 4.69) is 71.0 Å². The van der Waals surface area contributed by atoms with Crippen LogP contribution in [0.25, 0.3) is 4.85 Å². The average molecular weight is 980 g/mol. The summed E-state index contributed by atoms with van der Waals surface area (Å²) in [5, 5.41) is 82.5. The van der Waals surface area contributed by atoms with Crippen LogP contribution in [0.5, 0.6) is 0 Å². The van der Waals surface area contributed by atoms with Crippen molar-refractivity contribution in [3.05, 3.63) is 40.8 Å². The molecule has 0 amide bonds. The number of aromatic nitrogens is 8. The van der Waals surface area contributed by atoms with Crippen LogP contribution in [0.2, 0.25) is 0 Å². The second-order valence-electron chi connectivity index (χ2n) is 15.4. The van der Waals surface area contributed by atoms with Crippen LogP contribution in [0.15, 0.2) is 32.9 Å². The minimum absolute atomic E-state index is 0.0152. The molecule has 0 bridgehead atoms. The lowest BCUT2D eigenvalue weighted by Crippen LogP contribution is -2.62. The fourth-order valence-electron chi connectivity index (χ4n) is 8.08. The summed E-state index contributed by atoms with van der Waals surface area (Å²) in [6.07, 6.45) is -1.80. The Bertz CT molecular complexity index is 2860. The third kappa shape index (κ3) is 9.89. The molecule has 2 saturated carbocycles. The molecule has 31 nitrogen and oxygen atoms in total. The number of hydrogen-bond donors (Lipinski definition) is 10. The van der Waals surface area contributed by atoms with Crippen molar-refractivity contribution in [1.29, 1.82) is 5.26 Å². The number of rotatable bonds is 14. The zero-order chi connectivity index (χ0) is 47.8. The molecular formula is C32H41N19O12S3. The Morgan fingerprint density at radius 1 is 0.848 bits per heavy atom. The van der Waals surface area contributed by atoms with E-state index in [9.17, 15) is 46.2 Å². The van der Waals surface area contributed by atoms with Crippen LogP contribution in [0.3, 0.4) is 0 Å². The first-order chi connectivity index (χ1) is 31.2. The number of hydrogen-bond acceptors (Lipinski definition) is 24. The molecule has 12 N–H and O–H groups in total. The molecule has 3 aliphatic rings. The first-order valence-corrected chi connectivity index (χ1v) is 23.2. The molecule has 9 unspecified atom stereocenters. The van der Waals surface area contributed by atoms with Crippen LogP contribution in [0, 0.1) is 37.7 Å². The number of aryl methyl sites for hydroxylation is 2. The molecule has 9 atom stereocenters. The van der Waals surface area contributed by atoms with Gasteiger partial charge in [0.25, 0.3) is 25.9 Å². The van der Waals surface area contributed by atoms with E-state index in [4.69, 9.17) is 23.3 Å². The van der Waals surface area contributed by atoms with Crippen molar-refractivity contribution in [3.63, 3.8) is 0 Å². The fourth-order valence-corrected chi connectivity index (χ4v) is 10.8. The molecule has 3 fully saturated rings. The Morgan fingerprint density at radius 2 is 1.38 bits per heavy atom. The number of anilines is 2. The maximum Gasteiger partial charge on any atom is 0.306 e. The van der Waals surface area contributed by atoms with Crippen molar-refractivity contribution in [3.8, 4) is 6.07 Å². The number of azo groups is 2. The number of aliphatic hydroxyl groups excluding tert-OH is 1. The number of nitrogen functional groups attached to an aromatic ring is 2. The molecule has 1 aliphatic heterocycles. The smallest absolute Gasteiger partial charge is 0.306 e. The van der Waals surface area contributed by atoms with Gasteiger partial charge in [-0.3, -0.25) is 18.6 Å². The van der Waals surface area contributed by atoms with Crippen LogP contribution in [-0.2, 0) is 34.4 Å². The summed E-state index contributed by atoms with van der Waals surface area (Å²) in [4.78, 5) is 15.4. The minimum Gasteiger partial charge on any atom is -0.481 e. The molecule has 4 aromatic rings. The standard InChI is InChI=1S/C32H41N19O12S3/c1-13-23(42-44-27-16(10-33)11-37-48(27)17-4-15(29(52)53)5-20(7-17)65(56,57)58)25(34)50(46-13)30-39-31(41-32(54)40-30)51-26(35)24(14(2)47-51)43-45-28-22(36-3)12-38-49(28)18-6-19(64-63-62-55)9-21(8-18)66(59,60)61/h11-12,15,17-21,30-32,39-41,54-55H,4-9,34-35H2,1-2H3,(H,52,53)(H,56,57,58)(H,59,60,61). The van der Waals surface area contributed by atoms with Crippen molar-refractivity contribution in [2.24, 2.45) is 26.4 Å². The zero-order valence-corrected chi connectivity index (χ0v) is 36.8. The summed E-state index contributed by atoms with van der Waals surface area (Å²) in [5.74, 6) is -2.79. The van der Waals surface area contributed by atoms with E-state index in [-0.39, 0.29) is 95.8 Å². The fraction of sp³-hybridized carbons (Fsp3) is 0.531. The molecule has 4 aromatic heterocycles. The average Bonchev–Trinajstić information content (AvgIpc) is 4.02. The Labute approximate surface area is 377 Å². The molecule has 0 radical (unpaired) electrons. The van der Waals surface area contributed by atoms with Crippen LogP contribution < -0.4 is 27.4 Å². The topological polar surface area (TPSA) is 442 Å². The van der Waals surface area contributed by atoms with E-state index in [1.807, 2.05) is 6.07 Å². The largest absolute Gasteiger partial charge is 0.481 e. The number of nitrogens with two attached hydrogens (primary N) is 2. The van der Waals surface area contributed by atoms with Gasteiger partial charge in [0.2, 0.25) is 0 Å². The maximum atomic E-state index is 12.2. The highest BCUT2D eigenvalue weighted by molar-refractivity contribution is 7.95. The summed E-state index contributed by atoms with van der Waals surface area (Å²) >= 11 is 0.641. The van der Waals surface area contributed by atoms with E-state index in [0.29, 0.717) is 12.0 Å². The second kappa shape index (κ2) is 19.1. The van der Waals surface area contributed by atoms with Gasteiger partial charge in [-0.1, -0.05) is 5.04 Å². The lowest BCUT2D eigenvalue weighted by atomic mass is 9.85. The monoisotopic (exact) mass is 979 g/mol. The van der Waals surface area contributed by atoms with Crippen molar-refractivity contribution < 1.29 is 55.6 Å². The first-order valence-electron chi connectivity index (χ1n) is 19.4. The number of nitriles is 1. The van der Waals surface area contributed by atoms with Gasteiger partial charge < -0.3 is 21.7 Å². The molecule has 1 saturated heterocycles. The highest BCUT2D eigenvalue weighted by Crippen LogP contribution is 2.43. The quantitative estimate of drug-likeness (QED) is 0.0216. The molecule has 34 heteroatoms. The summed E-state index contributed by atoms with van der Waals surface area (Å²) in [7, 11) is -9.15. The highest BCUT2D eigenvalue weighted by Gasteiger charge is 2.42. The van der Waals surface area contributed by atoms with Gasteiger partial charge in [-0.2, -0.15) is 42.5 Å². The molecule has 0 aromatic carbocycles. The normalized spacial score (nSPS) is 26.5. The number of carboxylic acid groups (broad SMARTS) is 1. The Morgan fingerprint density at radius 3 is 1.91 bits per heavy atom. The number of nitrogens with one attached hydrogen (secondary N) is 3. The molecular weight excluding hydrogens is 939 g/mol. The van der Waals surface area contributed by atoms with Gasteiger partial charge in [0, 0.05) is 17.3 Å². The van der Waals surface area contributed by atoms with Crippen LogP contribution >= 0.6 is 12.0 Å². The molecule has 354 valence electrons. The van der Waals surface area contributed by atoms with E-state index in [1.165, 1.54) is 24.9 Å². The van der Waals surface area contributed by atoms with Gasteiger partial charge in [-0.25, -0.2) is 40.1 Å². The molecule has 5 heterocycles. The number of nitrogens with zero attached hydrogens (tertiary/aromatic N) is 14. The van der Waals surface area contributed by atoms with Gasteiger partial charge >= 0.3 is 5.97 Å². The summed E-state index contributed by atoms with van der Waals surface area (Å²) in [6.45, 7) is 10.8. The highest BCUT2D eigenvalue weighted by atomic mass is 32.2. The van der Waals surface area contributed by atoms with Crippen LogP contribution in [-0.4, -0.2) is 109 Å². The van der Waals surface area contributed by atoms with Crippen molar-refractivity contribution in [2.45, 2.75) is 99.1 Å². The summed E-state index contributed by atoms with van der Waals surface area (Å²) in [6, 6.07) is 0.278. The van der Waals surface area contributed by atoms with E-state index < -0.39 is 78.9 Å². The predicted molar refractivity (Wildman–Crippen MR) is 224 cm³/mol. The maximum absolute atomic E-state index is 12.2. The van der Waals surface area contributed by atoms with Gasteiger partial charge in [-0.05, 0) is 52.4 Å². The van der Waals surface area contributed by atoms with Crippen molar-refractivity contribution in [2.75, 3.05) is 11.5 Å². The predicted octanol–water partition coefficient (Wildman–Crippen LogP) is 2.28. The molecule has 2 aliphatic carbocycles. The van der Waals surface area contributed by atoms with Gasteiger partial charge in [-0.15, -0.1) is 24.8 Å². The Kier molecular flexibility index (Phi) is 13.8. The zero-order valence-electron chi connectivity index (χ0n) is 34.3. The minimum atomic E-state index is -4.63. The van der Waals surface area contributed by atoms with Gasteiger partial charge in [0.05, 0.1) is 58.9 Å². The number of aliphatic carboxylic acids is 1. The number of carbonyl (C=O) groups is 1. The van der Waals surface area contributed by atoms with Crippen molar-refractivity contribution >= 4 is 78.6 Å². The van der Waals surface area contributed by atoms with Gasteiger partial charge in [0.15, 0.2) is 53.6 Å². The summed E-state index contributed by atoms with van der Waals surface area (Å²) in [5.41, 5.74) is 13.5. The Balaban J connectivity index is 1.13. The van der Waals surface area contributed by atoms with E-state index in [1.54, 1.807) is 13.8 Å². The molecule has 7 rings (SSSR count). The third-order valence-corrected chi connectivity index (χ3v) is 14.4. The SMILES string of the molecule is [C-]#[N+]c1cnn(C2CC(SOOO)CC(S(=O)(=O)O)C2)c1N=Nc1c(C)nn(C2NC(O)NC(n3nc(C)c(N=Nc4c(C#N)cnn4C4CC(C(=O)O)CC(S(=O)(=O)O)C4)c3N)N2)c1N. The van der Waals surface area contributed by atoms with Gasteiger partial charge in [0.1, 0.15) is 11.6 Å². The lowest BCUT2D eigenvalue weighted by Gasteiger charge is -2.36. The summed E-state index contributed by atoms with van der Waals surface area (Å²) < 4.78 is 77.7. The molecule has 66 heavy (non-hydrogen) atoms. The van der Waals surface area contributed by atoms with Crippen molar-refractivity contribution in [1.82, 2.24) is 55.1 Å². The number of carboxylic acids is 1. The third-order valence-electron chi connectivity index (χ3n) is 11.2. The Hall–Kier alpha value is -6.02. The first kappa shape index (κ1) is 47.9. The van der Waals surface area contributed by atoms with E-state index in [0.717, 1.165) is 6.20 Å². The van der Waals surface area contributed by atoms with E-state index >= 15 is 0 Å². The lowest BCUT2D eigenvalue weighted by molar-refractivity contribution is -0.432. The molecule has 0 spiro atoms. The second-order valence-corrected chi connectivity index (χ2v) is 19.8.